The lowest BCUT2D eigenvalue weighted by molar-refractivity contribution is -0.134. The summed E-state index contributed by atoms with van der Waals surface area (Å²) in [5, 5.41) is 2.03. The monoisotopic (exact) mass is 377 g/mol. The summed E-state index contributed by atoms with van der Waals surface area (Å²) < 4.78 is 31.4. The SMILES string of the molecule is COc1cc(Br)c(N)cc1S(=O)(=O)N1CC(=O)NC(=O)C1. The molecule has 1 aliphatic rings. The number of methoxy groups -OCH3 is 1. The first-order valence-electron chi connectivity index (χ1n) is 5.71. The highest BCUT2D eigenvalue weighted by atomic mass is 79.9. The molecule has 0 unspecified atom stereocenters. The number of amides is 2. The molecule has 2 amide bonds. The van der Waals surface area contributed by atoms with Gasteiger partial charge in [-0.25, -0.2) is 8.42 Å². The smallest absolute Gasteiger partial charge is 0.247 e. The number of hydrogen-bond donors (Lipinski definition) is 2. The van der Waals surface area contributed by atoms with Crippen molar-refractivity contribution in [3.05, 3.63) is 16.6 Å². The number of nitrogens with one attached hydrogen (secondary N) is 1. The zero-order valence-electron chi connectivity index (χ0n) is 10.9. The lowest BCUT2D eigenvalue weighted by Gasteiger charge is -2.25. The summed E-state index contributed by atoms with van der Waals surface area (Å²) in [5.74, 6) is -1.30. The molecule has 114 valence electrons. The highest BCUT2D eigenvalue weighted by Gasteiger charge is 2.35. The summed E-state index contributed by atoms with van der Waals surface area (Å²) in [6, 6.07) is 2.63. The maximum absolute atomic E-state index is 12.6. The lowest BCUT2D eigenvalue weighted by atomic mass is 10.3. The highest BCUT2D eigenvalue weighted by molar-refractivity contribution is 9.10. The number of benzene rings is 1. The predicted molar refractivity (Wildman–Crippen MR) is 77.0 cm³/mol. The fourth-order valence-corrected chi connectivity index (χ4v) is 3.68. The first-order valence-corrected chi connectivity index (χ1v) is 7.95. The van der Waals surface area contributed by atoms with E-state index in [1.54, 1.807) is 0 Å². The molecule has 21 heavy (non-hydrogen) atoms. The molecule has 2 rings (SSSR count). The summed E-state index contributed by atoms with van der Waals surface area (Å²) in [6.07, 6.45) is 0. The summed E-state index contributed by atoms with van der Waals surface area (Å²) >= 11 is 3.17. The van der Waals surface area contributed by atoms with E-state index in [0.29, 0.717) is 4.47 Å². The van der Waals surface area contributed by atoms with E-state index < -0.39 is 34.9 Å². The van der Waals surface area contributed by atoms with Crippen LogP contribution in [0.4, 0.5) is 5.69 Å². The summed E-state index contributed by atoms with van der Waals surface area (Å²) in [7, 11) is -2.77. The van der Waals surface area contributed by atoms with Gasteiger partial charge in [0.2, 0.25) is 21.8 Å². The van der Waals surface area contributed by atoms with Crippen molar-refractivity contribution < 1.29 is 22.7 Å². The van der Waals surface area contributed by atoms with Crippen molar-refractivity contribution in [3.63, 3.8) is 0 Å². The number of carbonyl (C=O) groups excluding carboxylic acids is 2. The number of nitrogens with zero attached hydrogens (tertiary/aromatic N) is 1. The molecule has 1 aromatic carbocycles. The van der Waals surface area contributed by atoms with Gasteiger partial charge in [-0.15, -0.1) is 0 Å². The second-order valence-corrected chi connectivity index (χ2v) is 7.03. The van der Waals surface area contributed by atoms with Crippen molar-refractivity contribution in [2.45, 2.75) is 4.90 Å². The van der Waals surface area contributed by atoms with Crippen molar-refractivity contribution >= 4 is 43.5 Å². The Bertz CT molecular complexity index is 703. The fourth-order valence-electron chi connectivity index (χ4n) is 1.83. The van der Waals surface area contributed by atoms with Gasteiger partial charge in [0, 0.05) is 10.2 Å². The number of carbonyl (C=O) groups is 2. The van der Waals surface area contributed by atoms with Gasteiger partial charge in [-0.05, 0) is 28.1 Å². The van der Waals surface area contributed by atoms with E-state index in [0.717, 1.165) is 4.31 Å². The van der Waals surface area contributed by atoms with E-state index in [9.17, 15) is 18.0 Å². The van der Waals surface area contributed by atoms with E-state index >= 15 is 0 Å². The van der Waals surface area contributed by atoms with Gasteiger partial charge in [-0.1, -0.05) is 0 Å². The molecular formula is C11H12BrN3O5S. The van der Waals surface area contributed by atoms with Crippen LogP contribution in [0.5, 0.6) is 5.75 Å². The van der Waals surface area contributed by atoms with Crippen molar-refractivity contribution in [1.29, 1.82) is 0 Å². The zero-order valence-corrected chi connectivity index (χ0v) is 13.3. The summed E-state index contributed by atoms with van der Waals surface area (Å²) in [5.41, 5.74) is 5.89. The maximum Gasteiger partial charge on any atom is 0.247 e. The zero-order chi connectivity index (χ0) is 15.8. The quantitative estimate of drug-likeness (QED) is 0.550. The molecule has 0 atom stereocenters. The Labute approximate surface area is 129 Å². The van der Waals surface area contributed by atoms with Gasteiger partial charge in [0.15, 0.2) is 0 Å². The van der Waals surface area contributed by atoms with Crippen LogP contribution >= 0.6 is 15.9 Å². The second-order valence-electron chi connectivity index (χ2n) is 4.27. The molecule has 1 saturated heterocycles. The van der Waals surface area contributed by atoms with E-state index in [-0.39, 0.29) is 16.3 Å². The average Bonchev–Trinajstić information content (AvgIpc) is 2.40. The summed E-state index contributed by atoms with van der Waals surface area (Å²) in [4.78, 5) is 22.5. The topological polar surface area (TPSA) is 119 Å². The van der Waals surface area contributed by atoms with E-state index in [4.69, 9.17) is 10.5 Å². The second kappa shape index (κ2) is 5.62. The van der Waals surface area contributed by atoms with Gasteiger partial charge in [-0.2, -0.15) is 4.31 Å². The Morgan fingerprint density at radius 2 is 1.86 bits per heavy atom. The Hall–Kier alpha value is -1.65. The van der Waals surface area contributed by atoms with Crippen LogP contribution in [0.25, 0.3) is 0 Å². The third-order valence-electron chi connectivity index (χ3n) is 2.82. The molecule has 1 aliphatic heterocycles. The van der Waals surface area contributed by atoms with Crippen molar-refractivity contribution in [3.8, 4) is 5.75 Å². The van der Waals surface area contributed by atoms with Gasteiger partial charge < -0.3 is 10.5 Å². The number of imide groups is 1. The molecule has 1 heterocycles. The molecule has 0 saturated carbocycles. The normalized spacial score (nSPS) is 16.7. The average molecular weight is 378 g/mol. The van der Waals surface area contributed by atoms with E-state index in [1.807, 2.05) is 5.32 Å². The van der Waals surface area contributed by atoms with E-state index in [2.05, 4.69) is 15.9 Å². The number of nitrogens with two attached hydrogens (primary N) is 1. The first-order chi connectivity index (χ1) is 9.75. The highest BCUT2D eigenvalue weighted by Crippen LogP contribution is 2.34. The van der Waals surface area contributed by atoms with Crippen LogP contribution < -0.4 is 15.8 Å². The number of anilines is 1. The van der Waals surface area contributed by atoms with Gasteiger partial charge in [0.1, 0.15) is 10.6 Å². The van der Waals surface area contributed by atoms with Gasteiger partial charge in [0.25, 0.3) is 0 Å². The minimum absolute atomic E-state index is 0.0644. The van der Waals surface area contributed by atoms with Crippen molar-refractivity contribution in [2.24, 2.45) is 0 Å². The number of sulfonamides is 1. The Morgan fingerprint density at radius 3 is 2.38 bits per heavy atom. The molecule has 0 radical (unpaired) electrons. The molecule has 0 aliphatic carbocycles. The first kappa shape index (κ1) is 15.7. The van der Waals surface area contributed by atoms with Gasteiger partial charge >= 0.3 is 0 Å². The molecule has 1 fully saturated rings. The molecule has 10 heteroatoms. The van der Waals surface area contributed by atoms with Crippen LogP contribution in [0.15, 0.2) is 21.5 Å². The van der Waals surface area contributed by atoms with Crippen LogP contribution in [0.2, 0.25) is 0 Å². The summed E-state index contributed by atoms with van der Waals surface area (Å²) in [6.45, 7) is -0.875. The largest absolute Gasteiger partial charge is 0.495 e. The van der Waals surface area contributed by atoms with Crippen LogP contribution in [-0.4, -0.2) is 44.7 Å². The molecular weight excluding hydrogens is 366 g/mol. The van der Waals surface area contributed by atoms with Crippen LogP contribution in [-0.2, 0) is 19.6 Å². The van der Waals surface area contributed by atoms with Gasteiger partial charge in [0.05, 0.1) is 20.2 Å². The minimum Gasteiger partial charge on any atom is -0.495 e. The number of halogens is 1. The molecule has 8 nitrogen and oxygen atoms in total. The van der Waals surface area contributed by atoms with E-state index in [1.165, 1.54) is 19.2 Å². The predicted octanol–water partition coefficient (Wildman–Crippen LogP) is -0.313. The fraction of sp³-hybridized carbons (Fsp3) is 0.273. The molecule has 3 N–H and O–H groups in total. The Kier molecular flexibility index (Phi) is 4.21. The standard InChI is InChI=1S/C11H12BrN3O5S/c1-20-8-2-6(12)7(13)3-9(8)21(18,19)15-4-10(16)14-11(17)5-15/h2-3H,4-5,13H2,1H3,(H,14,16,17). The van der Waals surface area contributed by atoms with Crippen LogP contribution in [0.3, 0.4) is 0 Å². The van der Waals surface area contributed by atoms with Crippen molar-refractivity contribution in [2.75, 3.05) is 25.9 Å². The lowest BCUT2D eigenvalue weighted by Crippen LogP contribution is -2.53. The molecule has 0 bridgehead atoms. The number of piperazine rings is 1. The molecule has 1 aromatic rings. The molecule has 0 aromatic heterocycles. The number of nitrogen functional groups attached to an aromatic ring is 1. The van der Waals surface area contributed by atoms with Crippen molar-refractivity contribution in [1.82, 2.24) is 9.62 Å². The van der Waals surface area contributed by atoms with Gasteiger partial charge in [-0.3, -0.25) is 14.9 Å². The minimum atomic E-state index is -4.08. The molecule has 0 spiro atoms. The number of rotatable bonds is 3. The van der Waals surface area contributed by atoms with Crippen LogP contribution in [0, 0.1) is 0 Å². The number of ether oxygens (including phenoxy) is 1. The maximum atomic E-state index is 12.6. The third-order valence-corrected chi connectivity index (χ3v) is 5.32. The third kappa shape index (κ3) is 3.01. The number of hydrogen-bond acceptors (Lipinski definition) is 6. The Morgan fingerprint density at radius 1 is 1.29 bits per heavy atom. The van der Waals surface area contributed by atoms with Crippen LogP contribution in [0.1, 0.15) is 0 Å². The Balaban J connectivity index is 2.51.